The molecule has 2 heterocycles. The van der Waals surface area contributed by atoms with Crippen LogP contribution in [0.4, 0.5) is 0 Å². The molecule has 1 N–H and O–H groups in total. The minimum Gasteiger partial charge on any atom is -0.497 e. The van der Waals surface area contributed by atoms with Crippen molar-refractivity contribution < 1.29 is 4.74 Å². The molecule has 1 aliphatic rings. The van der Waals surface area contributed by atoms with Crippen molar-refractivity contribution in [3.8, 4) is 5.75 Å². The van der Waals surface area contributed by atoms with Crippen molar-refractivity contribution in [3.05, 3.63) is 59.4 Å². The molecule has 1 aromatic carbocycles. The third kappa shape index (κ3) is 2.42. The largest absolute Gasteiger partial charge is 0.497 e. The van der Waals surface area contributed by atoms with Gasteiger partial charge in [-0.3, -0.25) is 4.98 Å². The molecule has 0 fully saturated rings. The van der Waals surface area contributed by atoms with Crippen LogP contribution in [0.3, 0.4) is 0 Å². The standard InChI is InChI=1S/C15H15N3O/c1-19-13-2-3-14-12(9-13)10-17-18-15(14)8-11-4-6-16-7-5-11/h2-7,9,17H,8,10H2,1H3. The zero-order valence-electron chi connectivity index (χ0n) is 10.8. The smallest absolute Gasteiger partial charge is 0.119 e. The Morgan fingerprint density at radius 2 is 2.05 bits per heavy atom. The Morgan fingerprint density at radius 1 is 1.21 bits per heavy atom. The van der Waals surface area contributed by atoms with Gasteiger partial charge in [0.05, 0.1) is 19.4 Å². The van der Waals surface area contributed by atoms with Crippen LogP contribution in [-0.4, -0.2) is 17.8 Å². The summed E-state index contributed by atoms with van der Waals surface area (Å²) in [5.41, 5.74) is 7.75. The zero-order chi connectivity index (χ0) is 13.1. The average Bonchev–Trinajstić information content (AvgIpc) is 2.48. The van der Waals surface area contributed by atoms with Crippen LogP contribution in [0.15, 0.2) is 47.8 Å². The van der Waals surface area contributed by atoms with E-state index in [-0.39, 0.29) is 0 Å². The Morgan fingerprint density at radius 3 is 2.84 bits per heavy atom. The summed E-state index contributed by atoms with van der Waals surface area (Å²) in [6, 6.07) is 10.1. The highest BCUT2D eigenvalue weighted by Crippen LogP contribution is 2.22. The summed E-state index contributed by atoms with van der Waals surface area (Å²) < 4.78 is 5.26. The van der Waals surface area contributed by atoms with Crippen molar-refractivity contribution in [1.82, 2.24) is 10.4 Å². The van der Waals surface area contributed by atoms with E-state index in [1.807, 2.05) is 18.2 Å². The van der Waals surface area contributed by atoms with Gasteiger partial charge in [-0.25, -0.2) is 0 Å². The molecule has 0 amide bonds. The summed E-state index contributed by atoms with van der Waals surface area (Å²) in [4.78, 5) is 4.03. The lowest BCUT2D eigenvalue weighted by Gasteiger charge is -2.18. The van der Waals surface area contributed by atoms with Gasteiger partial charge in [-0.15, -0.1) is 0 Å². The van der Waals surface area contributed by atoms with E-state index in [1.165, 1.54) is 16.7 Å². The highest BCUT2D eigenvalue weighted by Gasteiger charge is 2.15. The molecule has 4 nitrogen and oxygen atoms in total. The van der Waals surface area contributed by atoms with Crippen LogP contribution in [0.25, 0.3) is 0 Å². The maximum Gasteiger partial charge on any atom is 0.119 e. The van der Waals surface area contributed by atoms with Crippen molar-refractivity contribution >= 4 is 5.71 Å². The molecule has 0 bridgehead atoms. The molecule has 0 atom stereocenters. The Hall–Kier alpha value is -2.36. The molecular formula is C15H15N3O. The molecule has 0 unspecified atom stereocenters. The molecule has 1 aliphatic heterocycles. The second-order valence-electron chi connectivity index (χ2n) is 4.45. The number of ether oxygens (including phenoxy) is 1. The fourth-order valence-corrected chi connectivity index (χ4v) is 2.23. The molecule has 0 saturated carbocycles. The number of hydrogen-bond donors (Lipinski definition) is 1. The Bertz CT molecular complexity index is 608. The summed E-state index contributed by atoms with van der Waals surface area (Å²) in [7, 11) is 1.68. The number of benzene rings is 1. The normalized spacial score (nSPS) is 13.2. The molecule has 19 heavy (non-hydrogen) atoms. The van der Waals surface area contributed by atoms with Crippen LogP contribution in [0.1, 0.15) is 16.7 Å². The zero-order valence-corrected chi connectivity index (χ0v) is 10.8. The van der Waals surface area contributed by atoms with Crippen molar-refractivity contribution in [3.63, 3.8) is 0 Å². The van der Waals surface area contributed by atoms with E-state index in [9.17, 15) is 0 Å². The average molecular weight is 253 g/mol. The van der Waals surface area contributed by atoms with Gasteiger partial charge < -0.3 is 10.2 Å². The number of methoxy groups -OCH3 is 1. The highest BCUT2D eigenvalue weighted by molar-refractivity contribution is 6.03. The molecule has 1 aromatic heterocycles. The number of hydrazone groups is 1. The molecule has 3 rings (SSSR count). The topological polar surface area (TPSA) is 46.5 Å². The van der Waals surface area contributed by atoms with E-state index in [0.717, 1.165) is 24.4 Å². The van der Waals surface area contributed by atoms with Gasteiger partial charge in [0.15, 0.2) is 0 Å². The lowest BCUT2D eigenvalue weighted by molar-refractivity contribution is 0.414. The van der Waals surface area contributed by atoms with Gasteiger partial charge in [-0.05, 0) is 41.5 Å². The van der Waals surface area contributed by atoms with Crippen LogP contribution in [0, 0.1) is 0 Å². The molecule has 2 aromatic rings. The maximum absolute atomic E-state index is 5.26. The Kier molecular flexibility index (Phi) is 3.14. The molecule has 0 radical (unpaired) electrons. The van der Waals surface area contributed by atoms with E-state index in [2.05, 4.69) is 27.6 Å². The summed E-state index contributed by atoms with van der Waals surface area (Å²) in [5, 5.41) is 4.43. The van der Waals surface area contributed by atoms with Gasteiger partial charge in [0.1, 0.15) is 5.75 Å². The van der Waals surface area contributed by atoms with Gasteiger partial charge >= 0.3 is 0 Å². The summed E-state index contributed by atoms with van der Waals surface area (Å²) >= 11 is 0. The van der Waals surface area contributed by atoms with Crippen molar-refractivity contribution in [1.29, 1.82) is 0 Å². The summed E-state index contributed by atoms with van der Waals surface area (Å²) in [6.07, 6.45) is 4.41. The Balaban J connectivity index is 1.91. The number of pyridine rings is 1. The Labute approximate surface area is 112 Å². The highest BCUT2D eigenvalue weighted by atomic mass is 16.5. The van der Waals surface area contributed by atoms with Crippen LogP contribution < -0.4 is 10.2 Å². The number of aromatic nitrogens is 1. The fraction of sp³-hybridized carbons (Fsp3) is 0.200. The minimum atomic E-state index is 0.742. The molecule has 96 valence electrons. The fourth-order valence-electron chi connectivity index (χ4n) is 2.23. The van der Waals surface area contributed by atoms with Crippen molar-refractivity contribution in [2.24, 2.45) is 5.10 Å². The van der Waals surface area contributed by atoms with E-state index in [4.69, 9.17) is 4.74 Å². The monoisotopic (exact) mass is 253 g/mol. The molecule has 0 aliphatic carbocycles. The van der Waals surface area contributed by atoms with E-state index < -0.39 is 0 Å². The first-order valence-electron chi connectivity index (χ1n) is 6.22. The summed E-state index contributed by atoms with van der Waals surface area (Å²) in [6.45, 7) is 0.742. The number of fused-ring (bicyclic) bond motifs is 1. The van der Waals surface area contributed by atoms with Gasteiger partial charge in [-0.2, -0.15) is 5.10 Å². The van der Waals surface area contributed by atoms with Crippen LogP contribution in [0.2, 0.25) is 0 Å². The lowest BCUT2D eigenvalue weighted by Crippen LogP contribution is -2.21. The second kappa shape index (κ2) is 5.10. The van der Waals surface area contributed by atoms with E-state index in [0.29, 0.717) is 0 Å². The summed E-state index contributed by atoms with van der Waals surface area (Å²) in [5.74, 6) is 0.880. The maximum atomic E-state index is 5.26. The van der Waals surface area contributed by atoms with Crippen LogP contribution >= 0.6 is 0 Å². The number of hydrogen-bond acceptors (Lipinski definition) is 4. The molecule has 4 heteroatoms. The van der Waals surface area contributed by atoms with Crippen molar-refractivity contribution in [2.45, 2.75) is 13.0 Å². The first kappa shape index (κ1) is 11.7. The van der Waals surface area contributed by atoms with Gasteiger partial charge in [0, 0.05) is 24.4 Å². The van der Waals surface area contributed by atoms with Gasteiger partial charge in [0.2, 0.25) is 0 Å². The first-order chi connectivity index (χ1) is 9.36. The first-order valence-corrected chi connectivity index (χ1v) is 6.22. The molecular weight excluding hydrogens is 238 g/mol. The molecule has 0 spiro atoms. The van der Waals surface area contributed by atoms with E-state index in [1.54, 1.807) is 19.5 Å². The third-order valence-corrected chi connectivity index (χ3v) is 3.23. The predicted octanol–water partition coefficient (Wildman–Crippen LogP) is 2.14. The molecule has 0 saturated heterocycles. The van der Waals surface area contributed by atoms with Crippen molar-refractivity contribution in [2.75, 3.05) is 7.11 Å². The number of nitrogens with zero attached hydrogens (tertiary/aromatic N) is 2. The second-order valence-corrected chi connectivity index (χ2v) is 4.45. The van der Waals surface area contributed by atoms with E-state index >= 15 is 0 Å². The minimum absolute atomic E-state index is 0.742. The number of rotatable bonds is 3. The quantitative estimate of drug-likeness (QED) is 0.911. The number of nitrogens with one attached hydrogen (secondary N) is 1. The van der Waals surface area contributed by atoms with Crippen LogP contribution in [-0.2, 0) is 13.0 Å². The van der Waals surface area contributed by atoms with Gasteiger partial charge in [0.25, 0.3) is 0 Å². The third-order valence-electron chi connectivity index (χ3n) is 3.23. The van der Waals surface area contributed by atoms with Gasteiger partial charge in [-0.1, -0.05) is 0 Å². The SMILES string of the molecule is COc1ccc2c(c1)CNN=C2Cc1ccncc1. The van der Waals surface area contributed by atoms with Crippen LogP contribution in [0.5, 0.6) is 5.75 Å². The predicted molar refractivity (Wildman–Crippen MR) is 74.3 cm³/mol. The lowest BCUT2D eigenvalue weighted by atomic mass is 9.97.